The van der Waals surface area contributed by atoms with E-state index in [2.05, 4.69) is 25.9 Å². The minimum absolute atomic E-state index is 0.421. The van der Waals surface area contributed by atoms with Crippen molar-refractivity contribution in [2.75, 3.05) is 7.11 Å². The number of aromatic nitrogens is 2. The summed E-state index contributed by atoms with van der Waals surface area (Å²) >= 11 is 14.7. The van der Waals surface area contributed by atoms with Crippen LogP contribution in [0.2, 0.25) is 5.02 Å². The van der Waals surface area contributed by atoms with E-state index in [0.29, 0.717) is 22.1 Å². The van der Waals surface area contributed by atoms with Gasteiger partial charge in [-0.2, -0.15) is 0 Å². The lowest BCUT2D eigenvalue weighted by molar-refractivity contribution is 0.181. The summed E-state index contributed by atoms with van der Waals surface area (Å²) in [6.45, 7) is 0.421. The Hall–Kier alpha value is -0.750. The van der Waals surface area contributed by atoms with Gasteiger partial charge in [-0.25, -0.2) is 4.98 Å². The minimum Gasteiger partial charge on any atom is -0.378 e. The first-order chi connectivity index (χ1) is 8.63. The molecule has 0 radical (unpaired) electrons. The molecule has 0 unspecified atom stereocenters. The highest BCUT2D eigenvalue weighted by molar-refractivity contribution is 9.10. The Labute approximate surface area is 123 Å². The number of methoxy groups -OCH3 is 1. The van der Waals surface area contributed by atoms with Gasteiger partial charge in [0.25, 0.3) is 0 Å². The van der Waals surface area contributed by atoms with Crippen LogP contribution < -0.4 is 0 Å². The van der Waals surface area contributed by atoms with Gasteiger partial charge in [0.1, 0.15) is 10.5 Å². The number of ether oxygens (including phenoxy) is 1. The molecule has 0 atom stereocenters. The van der Waals surface area contributed by atoms with Gasteiger partial charge < -0.3 is 9.72 Å². The van der Waals surface area contributed by atoms with Crippen LogP contribution in [-0.4, -0.2) is 17.1 Å². The number of aromatic amines is 1. The Morgan fingerprint density at radius 1 is 1.44 bits per heavy atom. The van der Waals surface area contributed by atoms with Crippen LogP contribution in [0.1, 0.15) is 5.69 Å². The van der Waals surface area contributed by atoms with Gasteiger partial charge in [0.05, 0.1) is 21.8 Å². The van der Waals surface area contributed by atoms with Crippen LogP contribution in [0.3, 0.4) is 0 Å². The second-order valence-corrected chi connectivity index (χ2v) is 5.18. The quantitative estimate of drug-likeness (QED) is 0.840. The molecule has 0 amide bonds. The molecule has 94 valence electrons. The molecular weight excluding hydrogens is 336 g/mol. The number of nitrogens with zero attached hydrogens (tertiary/aromatic N) is 1. The maximum absolute atomic E-state index is 6.14. The second kappa shape index (κ2) is 5.93. The summed E-state index contributed by atoms with van der Waals surface area (Å²) in [5.41, 5.74) is 1.66. The third-order valence-electron chi connectivity index (χ3n) is 2.35. The molecule has 1 aromatic carbocycles. The lowest BCUT2D eigenvalue weighted by atomic mass is 10.2. The predicted molar refractivity (Wildman–Crippen MR) is 78.3 cm³/mol. The SMILES string of the molecule is COCc1[nH]c(-c2ccccc2Cl)nc(=S)c1Br. The van der Waals surface area contributed by atoms with Crippen LogP contribution >= 0.6 is 39.7 Å². The molecular formula is C12H10BrClN2OS. The Morgan fingerprint density at radius 2 is 2.17 bits per heavy atom. The molecule has 1 N–H and O–H groups in total. The number of H-pyrrole nitrogens is 1. The van der Waals surface area contributed by atoms with E-state index in [1.54, 1.807) is 7.11 Å². The zero-order valence-corrected chi connectivity index (χ0v) is 12.7. The van der Waals surface area contributed by atoms with Crippen molar-refractivity contribution < 1.29 is 4.74 Å². The summed E-state index contributed by atoms with van der Waals surface area (Å²) in [7, 11) is 1.62. The second-order valence-electron chi connectivity index (χ2n) is 3.60. The summed E-state index contributed by atoms with van der Waals surface area (Å²) in [6, 6.07) is 7.47. The van der Waals surface area contributed by atoms with Crippen molar-refractivity contribution in [3.63, 3.8) is 0 Å². The normalized spacial score (nSPS) is 10.6. The van der Waals surface area contributed by atoms with Gasteiger partial charge in [0.2, 0.25) is 0 Å². The summed E-state index contributed by atoms with van der Waals surface area (Å²) < 4.78 is 6.34. The molecule has 1 aromatic heterocycles. The number of benzene rings is 1. The molecule has 0 saturated heterocycles. The molecule has 3 nitrogen and oxygen atoms in total. The fraction of sp³-hybridized carbons (Fsp3) is 0.167. The summed E-state index contributed by atoms with van der Waals surface area (Å²) in [5.74, 6) is 0.640. The zero-order chi connectivity index (χ0) is 13.1. The number of hydrogen-bond acceptors (Lipinski definition) is 3. The van der Waals surface area contributed by atoms with Gasteiger partial charge in [-0.05, 0) is 28.1 Å². The van der Waals surface area contributed by atoms with Crippen molar-refractivity contribution >= 4 is 39.7 Å². The minimum atomic E-state index is 0.421. The van der Waals surface area contributed by atoms with E-state index in [4.69, 9.17) is 28.6 Å². The Morgan fingerprint density at radius 3 is 2.83 bits per heavy atom. The van der Waals surface area contributed by atoms with Gasteiger partial charge >= 0.3 is 0 Å². The van der Waals surface area contributed by atoms with Crippen LogP contribution in [0, 0.1) is 4.64 Å². The number of halogens is 2. The van der Waals surface area contributed by atoms with E-state index in [0.717, 1.165) is 15.7 Å². The average molecular weight is 346 g/mol. The van der Waals surface area contributed by atoms with Crippen molar-refractivity contribution in [1.29, 1.82) is 0 Å². The molecule has 0 fully saturated rings. The smallest absolute Gasteiger partial charge is 0.144 e. The third kappa shape index (κ3) is 2.80. The van der Waals surface area contributed by atoms with E-state index >= 15 is 0 Å². The first kappa shape index (κ1) is 13.7. The lowest BCUT2D eigenvalue weighted by Gasteiger charge is -2.09. The Balaban J connectivity index is 2.59. The first-order valence-electron chi connectivity index (χ1n) is 5.16. The van der Waals surface area contributed by atoms with Crippen LogP contribution in [0.15, 0.2) is 28.7 Å². The van der Waals surface area contributed by atoms with E-state index < -0.39 is 0 Å². The summed E-state index contributed by atoms with van der Waals surface area (Å²) in [4.78, 5) is 7.50. The molecule has 2 rings (SSSR count). The fourth-order valence-electron chi connectivity index (χ4n) is 1.53. The highest BCUT2D eigenvalue weighted by atomic mass is 79.9. The van der Waals surface area contributed by atoms with Gasteiger partial charge in [-0.15, -0.1) is 0 Å². The maximum atomic E-state index is 6.14. The van der Waals surface area contributed by atoms with E-state index in [1.807, 2.05) is 24.3 Å². The van der Waals surface area contributed by atoms with Gasteiger partial charge in [0.15, 0.2) is 0 Å². The van der Waals surface area contributed by atoms with Crippen molar-refractivity contribution in [3.8, 4) is 11.4 Å². The number of rotatable bonds is 3. The molecule has 18 heavy (non-hydrogen) atoms. The van der Waals surface area contributed by atoms with Gasteiger partial charge in [-0.3, -0.25) is 0 Å². The predicted octanol–water partition coefficient (Wildman–Crippen LogP) is 4.37. The van der Waals surface area contributed by atoms with Gasteiger partial charge in [-0.1, -0.05) is 36.0 Å². The summed E-state index contributed by atoms with van der Waals surface area (Å²) in [6.07, 6.45) is 0. The van der Waals surface area contributed by atoms with E-state index in [-0.39, 0.29) is 0 Å². The number of nitrogens with one attached hydrogen (secondary N) is 1. The molecule has 0 bridgehead atoms. The monoisotopic (exact) mass is 344 g/mol. The van der Waals surface area contributed by atoms with Crippen molar-refractivity contribution in [3.05, 3.63) is 44.1 Å². The first-order valence-corrected chi connectivity index (χ1v) is 6.74. The van der Waals surface area contributed by atoms with Crippen molar-refractivity contribution in [2.24, 2.45) is 0 Å². The molecule has 0 aliphatic heterocycles. The molecule has 0 spiro atoms. The lowest BCUT2D eigenvalue weighted by Crippen LogP contribution is -2.00. The standard InChI is InChI=1S/C12H10BrClN2OS/c1-17-6-9-10(13)12(18)16-11(15-9)7-4-2-3-5-8(7)14/h2-5H,6H2,1H3,(H,15,16,18). The molecule has 2 aromatic rings. The van der Waals surface area contributed by atoms with Crippen LogP contribution in [0.4, 0.5) is 0 Å². The molecule has 0 aliphatic rings. The van der Waals surface area contributed by atoms with Crippen molar-refractivity contribution in [2.45, 2.75) is 6.61 Å². The van der Waals surface area contributed by atoms with E-state index in [9.17, 15) is 0 Å². The molecule has 1 heterocycles. The highest BCUT2D eigenvalue weighted by Crippen LogP contribution is 2.27. The molecule has 6 heteroatoms. The molecule has 0 saturated carbocycles. The third-order valence-corrected chi connectivity index (χ3v) is 4.09. The Kier molecular flexibility index (Phi) is 4.50. The number of hydrogen-bond donors (Lipinski definition) is 1. The molecule has 0 aliphatic carbocycles. The maximum Gasteiger partial charge on any atom is 0.144 e. The highest BCUT2D eigenvalue weighted by Gasteiger charge is 2.10. The largest absolute Gasteiger partial charge is 0.378 e. The van der Waals surface area contributed by atoms with Crippen LogP contribution in [0.5, 0.6) is 0 Å². The van der Waals surface area contributed by atoms with E-state index in [1.165, 1.54) is 0 Å². The van der Waals surface area contributed by atoms with Crippen LogP contribution in [-0.2, 0) is 11.3 Å². The Bertz CT molecular complexity index is 630. The fourth-order valence-corrected chi connectivity index (χ4v) is 2.27. The zero-order valence-electron chi connectivity index (χ0n) is 9.54. The average Bonchev–Trinajstić information content (AvgIpc) is 2.35. The van der Waals surface area contributed by atoms with Crippen molar-refractivity contribution in [1.82, 2.24) is 9.97 Å². The summed E-state index contributed by atoms with van der Waals surface area (Å²) in [5, 5.41) is 0.626. The van der Waals surface area contributed by atoms with Crippen LogP contribution in [0.25, 0.3) is 11.4 Å². The topological polar surface area (TPSA) is 37.9 Å². The van der Waals surface area contributed by atoms with Gasteiger partial charge in [0, 0.05) is 12.7 Å².